The van der Waals surface area contributed by atoms with Crippen LogP contribution in [0.5, 0.6) is 5.88 Å². The summed E-state index contributed by atoms with van der Waals surface area (Å²) in [5.74, 6) is -0.750. The van der Waals surface area contributed by atoms with Gasteiger partial charge < -0.3 is 10.0 Å². The van der Waals surface area contributed by atoms with Crippen LogP contribution in [0.2, 0.25) is 15.1 Å². The predicted molar refractivity (Wildman–Crippen MR) is 110 cm³/mol. The summed E-state index contributed by atoms with van der Waals surface area (Å²) in [7, 11) is 0. The third kappa shape index (κ3) is 3.62. The van der Waals surface area contributed by atoms with Crippen molar-refractivity contribution in [3.05, 3.63) is 62.7 Å². The van der Waals surface area contributed by atoms with Crippen molar-refractivity contribution >= 4 is 51.7 Å². The van der Waals surface area contributed by atoms with E-state index in [0.29, 0.717) is 39.1 Å². The molecule has 1 amide bonds. The number of aromatic hydroxyl groups is 1. The van der Waals surface area contributed by atoms with Gasteiger partial charge in [0.1, 0.15) is 5.52 Å². The number of aromatic nitrogens is 2. The Bertz CT molecular complexity index is 1070. The second kappa shape index (κ2) is 7.74. The number of para-hydroxylation sites is 1. The van der Waals surface area contributed by atoms with Crippen molar-refractivity contribution in [2.45, 2.75) is 25.3 Å². The van der Waals surface area contributed by atoms with Gasteiger partial charge in [-0.1, -0.05) is 46.9 Å². The van der Waals surface area contributed by atoms with Crippen molar-refractivity contribution in [2.75, 3.05) is 6.54 Å². The van der Waals surface area contributed by atoms with Gasteiger partial charge in [0, 0.05) is 12.6 Å². The molecule has 8 heteroatoms. The lowest BCUT2D eigenvalue weighted by Crippen LogP contribution is -2.37. The lowest BCUT2D eigenvalue weighted by atomic mass is 10.0. The molecule has 0 radical (unpaired) electrons. The number of carbonyl (C=O) groups excluding carboxylic acids is 1. The largest absolute Gasteiger partial charge is 0.492 e. The molecule has 0 saturated carbocycles. The highest BCUT2D eigenvalue weighted by molar-refractivity contribution is 6.42. The number of amides is 1. The lowest BCUT2D eigenvalue weighted by molar-refractivity contribution is 0.0726. The Hall–Kier alpha value is -2.08. The summed E-state index contributed by atoms with van der Waals surface area (Å²) in [6, 6.07) is 10.6. The number of halogens is 3. The number of hydrogen-bond donors (Lipinski definition) is 1. The predicted octanol–water partition coefficient (Wildman–Crippen LogP) is 5.14. The van der Waals surface area contributed by atoms with Crippen LogP contribution in [0.15, 0.2) is 36.4 Å². The van der Waals surface area contributed by atoms with Gasteiger partial charge in [-0.3, -0.25) is 4.79 Å². The molecule has 1 N–H and O–H groups in total. The van der Waals surface area contributed by atoms with E-state index in [1.54, 1.807) is 29.2 Å². The van der Waals surface area contributed by atoms with E-state index in [1.807, 2.05) is 12.1 Å². The molecule has 1 aliphatic rings. The molecular formula is C20H16Cl3N3O2. The third-order valence-corrected chi connectivity index (χ3v) is 5.97. The monoisotopic (exact) mass is 435 g/mol. The molecule has 1 unspecified atom stereocenters. The standard InChI is InChI=1S/C20H16Cl3N3O2/c21-13-7-6-11(10-15(13)23)9-12-3-2-8-26(12)20(28)18-19(27)25-17-14(22)4-1-5-16(17)24-18/h1,4-7,10,12H,2-3,8-9H2,(H,25,27). The first kappa shape index (κ1) is 19.2. The van der Waals surface area contributed by atoms with E-state index < -0.39 is 5.88 Å². The van der Waals surface area contributed by atoms with E-state index in [9.17, 15) is 9.90 Å². The van der Waals surface area contributed by atoms with Crippen molar-refractivity contribution in [3.8, 4) is 5.88 Å². The summed E-state index contributed by atoms with van der Waals surface area (Å²) in [5.41, 5.74) is 1.77. The van der Waals surface area contributed by atoms with Crippen molar-refractivity contribution in [2.24, 2.45) is 0 Å². The van der Waals surface area contributed by atoms with Gasteiger partial charge in [0.2, 0.25) is 5.88 Å². The van der Waals surface area contributed by atoms with Gasteiger partial charge in [-0.25, -0.2) is 9.97 Å². The number of hydrogen-bond acceptors (Lipinski definition) is 4. The molecule has 2 aromatic carbocycles. The molecule has 5 nitrogen and oxygen atoms in total. The normalized spacial score (nSPS) is 16.7. The number of fused-ring (bicyclic) bond motifs is 1. The smallest absolute Gasteiger partial charge is 0.278 e. The van der Waals surface area contributed by atoms with Crippen LogP contribution < -0.4 is 0 Å². The Morgan fingerprint density at radius 3 is 2.71 bits per heavy atom. The summed E-state index contributed by atoms with van der Waals surface area (Å²) in [5, 5.41) is 11.7. The molecule has 0 bridgehead atoms. The highest BCUT2D eigenvalue weighted by atomic mass is 35.5. The molecule has 2 heterocycles. The summed E-state index contributed by atoms with van der Waals surface area (Å²) in [6.07, 6.45) is 2.39. The van der Waals surface area contributed by atoms with E-state index in [0.717, 1.165) is 18.4 Å². The molecule has 0 aliphatic carbocycles. The second-order valence-electron chi connectivity index (χ2n) is 6.75. The minimum Gasteiger partial charge on any atom is -0.492 e. The highest BCUT2D eigenvalue weighted by Crippen LogP contribution is 2.29. The maximum Gasteiger partial charge on any atom is 0.278 e. The van der Waals surface area contributed by atoms with Gasteiger partial charge in [0.15, 0.2) is 5.69 Å². The van der Waals surface area contributed by atoms with Gasteiger partial charge in [0.25, 0.3) is 5.91 Å². The Labute approximate surface area is 176 Å². The number of nitrogens with zero attached hydrogens (tertiary/aromatic N) is 3. The Morgan fingerprint density at radius 1 is 1.11 bits per heavy atom. The fourth-order valence-corrected chi connectivity index (χ4v) is 4.10. The molecular weight excluding hydrogens is 421 g/mol. The zero-order chi connectivity index (χ0) is 19.8. The molecule has 1 atom stereocenters. The summed E-state index contributed by atoms with van der Waals surface area (Å²) < 4.78 is 0. The molecule has 3 aromatic rings. The van der Waals surface area contributed by atoms with Crippen LogP contribution in [-0.4, -0.2) is 38.5 Å². The topological polar surface area (TPSA) is 66.3 Å². The molecule has 28 heavy (non-hydrogen) atoms. The summed E-state index contributed by atoms with van der Waals surface area (Å²) >= 11 is 18.2. The van der Waals surface area contributed by atoms with Crippen LogP contribution in [-0.2, 0) is 6.42 Å². The number of carbonyl (C=O) groups is 1. The Kier molecular flexibility index (Phi) is 5.32. The number of benzene rings is 2. The second-order valence-corrected chi connectivity index (χ2v) is 7.97. The SMILES string of the molecule is O=C(c1nc2cccc(Cl)c2nc1O)N1CCCC1Cc1ccc(Cl)c(Cl)c1. The van der Waals surface area contributed by atoms with Crippen molar-refractivity contribution in [3.63, 3.8) is 0 Å². The van der Waals surface area contributed by atoms with Crippen molar-refractivity contribution < 1.29 is 9.90 Å². The minimum absolute atomic E-state index is 0.0130. The lowest BCUT2D eigenvalue weighted by Gasteiger charge is -2.25. The first-order valence-electron chi connectivity index (χ1n) is 8.84. The van der Waals surface area contributed by atoms with Gasteiger partial charge >= 0.3 is 0 Å². The zero-order valence-electron chi connectivity index (χ0n) is 14.7. The Morgan fingerprint density at radius 2 is 1.93 bits per heavy atom. The van der Waals surface area contributed by atoms with Crippen LogP contribution in [0.25, 0.3) is 11.0 Å². The van der Waals surface area contributed by atoms with E-state index in [4.69, 9.17) is 34.8 Å². The van der Waals surface area contributed by atoms with E-state index in [2.05, 4.69) is 9.97 Å². The minimum atomic E-state index is -0.411. The molecule has 1 saturated heterocycles. The van der Waals surface area contributed by atoms with E-state index >= 15 is 0 Å². The first-order valence-corrected chi connectivity index (χ1v) is 9.97. The van der Waals surface area contributed by atoms with Gasteiger partial charge in [-0.2, -0.15) is 0 Å². The van der Waals surface area contributed by atoms with Crippen LogP contribution in [0.3, 0.4) is 0 Å². The van der Waals surface area contributed by atoms with Crippen molar-refractivity contribution in [1.82, 2.24) is 14.9 Å². The van der Waals surface area contributed by atoms with E-state index in [-0.39, 0.29) is 17.6 Å². The maximum absolute atomic E-state index is 13.1. The Balaban J connectivity index is 1.62. The molecule has 4 rings (SSSR count). The van der Waals surface area contributed by atoms with Crippen LogP contribution in [0.4, 0.5) is 0 Å². The molecule has 0 spiro atoms. The maximum atomic E-state index is 13.1. The molecule has 1 aromatic heterocycles. The fraction of sp³-hybridized carbons (Fsp3) is 0.250. The first-order chi connectivity index (χ1) is 13.4. The number of rotatable bonds is 3. The molecule has 1 aliphatic heterocycles. The van der Waals surface area contributed by atoms with Gasteiger partial charge in [-0.05, 0) is 49.1 Å². The number of likely N-dealkylation sites (tertiary alicyclic amines) is 1. The third-order valence-electron chi connectivity index (χ3n) is 4.92. The quantitative estimate of drug-likeness (QED) is 0.617. The van der Waals surface area contributed by atoms with Crippen LogP contribution in [0, 0.1) is 0 Å². The average molecular weight is 437 g/mol. The highest BCUT2D eigenvalue weighted by Gasteiger charge is 2.32. The van der Waals surface area contributed by atoms with Crippen LogP contribution >= 0.6 is 34.8 Å². The zero-order valence-corrected chi connectivity index (χ0v) is 17.0. The average Bonchev–Trinajstić information content (AvgIpc) is 3.12. The fourth-order valence-electron chi connectivity index (χ4n) is 3.57. The molecule has 144 valence electrons. The summed E-state index contributed by atoms with van der Waals surface area (Å²) in [6.45, 7) is 0.597. The van der Waals surface area contributed by atoms with Crippen molar-refractivity contribution in [1.29, 1.82) is 0 Å². The summed E-state index contributed by atoms with van der Waals surface area (Å²) in [4.78, 5) is 23.2. The van der Waals surface area contributed by atoms with Gasteiger partial charge in [0.05, 0.1) is 20.6 Å². The molecule has 1 fully saturated rings. The van der Waals surface area contributed by atoms with E-state index in [1.165, 1.54) is 0 Å². The van der Waals surface area contributed by atoms with Crippen LogP contribution in [0.1, 0.15) is 28.9 Å². The van der Waals surface area contributed by atoms with Gasteiger partial charge in [-0.15, -0.1) is 0 Å².